The predicted octanol–water partition coefficient (Wildman–Crippen LogP) is 3.84. The molecule has 0 atom stereocenters. The largest absolute Gasteiger partial charge is 0.481 e. The molecule has 1 amide bonds. The van der Waals surface area contributed by atoms with Gasteiger partial charge in [0, 0.05) is 10.9 Å². The number of hydrogen-bond donors (Lipinski definition) is 2. The fourth-order valence-electron chi connectivity index (χ4n) is 2.53. The molecule has 8 heteroatoms. The van der Waals surface area contributed by atoms with Crippen molar-refractivity contribution in [2.45, 2.75) is 13.3 Å². The van der Waals surface area contributed by atoms with Gasteiger partial charge in [-0.25, -0.2) is 9.18 Å². The summed E-state index contributed by atoms with van der Waals surface area (Å²) in [6.07, 6.45) is -0.497. The van der Waals surface area contributed by atoms with Gasteiger partial charge < -0.3 is 10.4 Å². The lowest BCUT2D eigenvalue weighted by molar-refractivity contribution is -0.136. The van der Waals surface area contributed by atoms with Gasteiger partial charge in [0.05, 0.1) is 28.3 Å². The number of aliphatic carboxylic acids is 1. The zero-order valence-corrected chi connectivity index (χ0v) is 13.8. The Kier molecular flexibility index (Phi) is 4.41. The molecule has 2 aromatic carbocycles. The van der Waals surface area contributed by atoms with Crippen molar-refractivity contribution in [1.29, 1.82) is 0 Å². The lowest BCUT2D eigenvalue weighted by Gasteiger charge is -2.10. The van der Waals surface area contributed by atoms with Crippen LogP contribution in [0.1, 0.15) is 11.3 Å². The van der Waals surface area contributed by atoms with Gasteiger partial charge in [0.2, 0.25) is 0 Å². The van der Waals surface area contributed by atoms with Gasteiger partial charge in [-0.2, -0.15) is 9.78 Å². The Labute approximate surface area is 146 Å². The van der Waals surface area contributed by atoms with Gasteiger partial charge >= 0.3 is 12.0 Å². The molecule has 0 aliphatic rings. The number of aromatic nitrogens is 2. The number of hydrogen-bond acceptors (Lipinski definition) is 3. The summed E-state index contributed by atoms with van der Waals surface area (Å²) < 4.78 is 15.2. The molecule has 25 heavy (non-hydrogen) atoms. The Morgan fingerprint density at radius 1 is 1.32 bits per heavy atom. The normalized spacial score (nSPS) is 10.8. The first-order valence-corrected chi connectivity index (χ1v) is 7.70. The number of nitrogens with one attached hydrogen (secondary N) is 1. The molecule has 128 valence electrons. The van der Waals surface area contributed by atoms with E-state index in [4.69, 9.17) is 16.7 Å². The third-order valence-electron chi connectivity index (χ3n) is 3.68. The number of carboxylic acids is 1. The van der Waals surface area contributed by atoms with Crippen LogP contribution in [0, 0.1) is 12.7 Å². The third kappa shape index (κ3) is 3.32. The van der Waals surface area contributed by atoms with E-state index in [-0.39, 0.29) is 16.3 Å². The van der Waals surface area contributed by atoms with Crippen LogP contribution < -0.4 is 5.32 Å². The van der Waals surface area contributed by atoms with Crippen LogP contribution in [0.5, 0.6) is 0 Å². The average Bonchev–Trinajstić information content (AvgIpc) is 2.89. The van der Waals surface area contributed by atoms with E-state index in [2.05, 4.69) is 10.4 Å². The molecule has 0 saturated heterocycles. The lowest BCUT2D eigenvalue weighted by Crippen LogP contribution is -2.21. The van der Waals surface area contributed by atoms with Gasteiger partial charge in [-0.05, 0) is 25.1 Å². The van der Waals surface area contributed by atoms with E-state index in [1.807, 2.05) is 12.1 Å². The van der Waals surface area contributed by atoms with Crippen molar-refractivity contribution < 1.29 is 19.1 Å². The molecule has 3 aromatic rings. The number of rotatable bonds is 3. The summed E-state index contributed by atoms with van der Waals surface area (Å²) in [4.78, 5) is 23.2. The molecule has 0 radical (unpaired) electrons. The molecule has 0 saturated carbocycles. The first-order chi connectivity index (χ1) is 11.9. The minimum atomic E-state index is -1.18. The smallest absolute Gasteiger partial charge is 0.347 e. The number of benzene rings is 2. The van der Waals surface area contributed by atoms with Crippen molar-refractivity contribution in [3.05, 3.63) is 58.5 Å². The minimum Gasteiger partial charge on any atom is -0.481 e. The number of amides is 1. The van der Waals surface area contributed by atoms with Crippen LogP contribution in [0.25, 0.3) is 10.9 Å². The highest BCUT2D eigenvalue weighted by Gasteiger charge is 2.17. The van der Waals surface area contributed by atoms with E-state index >= 15 is 0 Å². The number of anilines is 1. The van der Waals surface area contributed by atoms with Crippen molar-refractivity contribution in [3.63, 3.8) is 0 Å². The second kappa shape index (κ2) is 6.52. The molecule has 0 aliphatic carbocycles. The fourth-order valence-corrected chi connectivity index (χ4v) is 2.76. The summed E-state index contributed by atoms with van der Waals surface area (Å²) in [6.45, 7) is 1.78. The van der Waals surface area contributed by atoms with Gasteiger partial charge in [-0.1, -0.05) is 29.8 Å². The van der Waals surface area contributed by atoms with Crippen molar-refractivity contribution in [1.82, 2.24) is 9.78 Å². The van der Waals surface area contributed by atoms with Gasteiger partial charge in [-0.15, -0.1) is 0 Å². The van der Waals surface area contributed by atoms with E-state index in [1.165, 1.54) is 10.7 Å². The van der Waals surface area contributed by atoms with Crippen LogP contribution in [-0.2, 0) is 11.2 Å². The first kappa shape index (κ1) is 16.9. The van der Waals surface area contributed by atoms with E-state index in [1.54, 1.807) is 19.1 Å². The number of carbonyl (C=O) groups excluding carboxylic acids is 1. The maximum Gasteiger partial charge on any atom is 0.347 e. The molecular formula is C17H13ClFN3O3. The van der Waals surface area contributed by atoms with Crippen LogP contribution >= 0.6 is 11.6 Å². The molecule has 0 unspecified atom stereocenters. The zero-order chi connectivity index (χ0) is 18.1. The number of carbonyl (C=O) groups is 2. The summed E-state index contributed by atoms with van der Waals surface area (Å²) in [5.41, 5.74) is 1.27. The van der Waals surface area contributed by atoms with E-state index in [9.17, 15) is 14.0 Å². The fraction of sp³-hybridized carbons (Fsp3) is 0.118. The Morgan fingerprint density at radius 3 is 2.76 bits per heavy atom. The second-order valence-corrected chi connectivity index (χ2v) is 5.85. The van der Waals surface area contributed by atoms with Gasteiger partial charge in [0.25, 0.3) is 0 Å². The Bertz CT molecular complexity index is 1000. The average molecular weight is 362 g/mol. The lowest BCUT2D eigenvalue weighted by atomic mass is 10.1. The molecule has 3 rings (SSSR count). The van der Waals surface area contributed by atoms with Crippen molar-refractivity contribution in [3.8, 4) is 0 Å². The first-order valence-electron chi connectivity index (χ1n) is 7.32. The monoisotopic (exact) mass is 361 g/mol. The third-order valence-corrected chi connectivity index (χ3v) is 4.00. The summed E-state index contributed by atoms with van der Waals surface area (Å²) in [6, 6.07) is 8.79. The van der Waals surface area contributed by atoms with Crippen LogP contribution in [-0.4, -0.2) is 26.9 Å². The SMILES string of the molecule is Cc1nn(C(=O)Nc2cc(F)c(CC(=O)O)cc2Cl)c2ccccc12. The highest BCUT2D eigenvalue weighted by Crippen LogP contribution is 2.27. The number of para-hydroxylation sites is 1. The molecule has 0 bridgehead atoms. The van der Waals surface area contributed by atoms with E-state index in [0.717, 1.165) is 11.5 Å². The molecule has 6 nitrogen and oxygen atoms in total. The van der Waals surface area contributed by atoms with Crippen molar-refractivity contribution in [2.75, 3.05) is 5.32 Å². The highest BCUT2D eigenvalue weighted by molar-refractivity contribution is 6.33. The van der Waals surface area contributed by atoms with E-state index in [0.29, 0.717) is 11.2 Å². The van der Waals surface area contributed by atoms with Crippen LogP contribution in [0.2, 0.25) is 5.02 Å². The summed E-state index contributed by atoms with van der Waals surface area (Å²) >= 11 is 6.04. The van der Waals surface area contributed by atoms with Crippen molar-refractivity contribution in [2.24, 2.45) is 0 Å². The minimum absolute atomic E-state index is 0.0375. The molecule has 0 aliphatic heterocycles. The Balaban J connectivity index is 1.93. The highest BCUT2D eigenvalue weighted by atomic mass is 35.5. The van der Waals surface area contributed by atoms with Gasteiger partial charge in [-0.3, -0.25) is 4.79 Å². The van der Waals surface area contributed by atoms with E-state index < -0.39 is 24.2 Å². The maximum atomic E-state index is 14.0. The predicted molar refractivity (Wildman–Crippen MR) is 91.6 cm³/mol. The topological polar surface area (TPSA) is 84.2 Å². The van der Waals surface area contributed by atoms with Crippen LogP contribution in [0.15, 0.2) is 36.4 Å². The molecule has 1 aromatic heterocycles. The Hall–Kier alpha value is -2.93. The zero-order valence-electron chi connectivity index (χ0n) is 13.1. The number of carboxylic acid groups (broad SMARTS) is 1. The summed E-state index contributed by atoms with van der Waals surface area (Å²) in [7, 11) is 0. The van der Waals surface area contributed by atoms with Crippen LogP contribution in [0.4, 0.5) is 14.9 Å². The van der Waals surface area contributed by atoms with Crippen molar-refractivity contribution >= 4 is 40.2 Å². The summed E-state index contributed by atoms with van der Waals surface area (Å²) in [5, 5.41) is 16.3. The number of aryl methyl sites for hydroxylation is 1. The Morgan fingerprint density at radius 2 is 2.04 bits per heavy atom. The van der Waals surface area contributed by atoms with Gasteiger partial charge in [0.1, 0.15) is 5.82 Å². The summed E-state index contributed by atoms with van der Waals surface area (Å²) in [5.74, 6) is -1.94. The molecule has 0 fully saturated rings. The quantitative estimate of drug-likeness (QED) is 0.742. The second-order valence-electron chi connectivity index (χ2n) is 5.44. The van der Waals surface area contributed by atoms with Crippen LogP contribution in [0.3, 0.4) is 0 Å². The number of halogens is 2. The maximum absolute atomic E-state index is 14.0. The number of nitrogens with zero attached hydrogens (tertiary/aromatic N) is 2. The molecule has 1 heterocycles. The molecular weight excluding hydrogens is 349 g/mol. The standard InChI is InChI=1S/C17H13ClFN3O3/c1-9-11-4-2-3-5-15(11)22(21-9)17(25)20-14-8-13(19)10(6-12(14)18)7-16(23)24/h2-6,8H,7H2,1H3,(H,20,25)(H,23,24). The van der Waals surface area contributed by atoms with Gasteiger partial charge in [0.15, 0.2) is 0 Å². The number of fused-ring (bicyclic) bond motifs is 1. The molecule has 0 spiro atoms. The molecule has 2 N–H and O–H groups in total.